The first kappa shape index (κ1) is 15.0. The van der Waals surface area contributed by atoms with Crippen molar-refractivity contribution in [1.29, 1.82) is 0 Å². The summed E-state index contributed by atoms with van der Waals surface area (Å²) in [6, 6.07) is 12.6. The summed E-state index contributed by atoms with van der Waals surface area (Å²) in [4.78, 5) is 2.10. The number of rotatable bonds is 4. The molecule has 2 aromatic carbocycles. The summed E-state index contributed by atoms with van der Waals surface area (Å²) in [5.74, 6) is -0.168. The van der Waals surface area contributed by atoms with Crippen LogP contribution in [0.5, 0.6) is 0 Å². The predicted octanol–water partition coefficient (Wildman–Crippen LogP) is 4.36. The molecule has 0 aliphatic rings. The van der Waals surface area contributed by atoms with Crippen LogP contribution in [0, 0.1) is 5.82 Å². The molecule has 106 valence electrons. The van der Waals surface area contributed by atoms with Gasteiger partial charge in [-0.1, -0.05) is 34.1 Å². The Bertz CT molecular complexity index is 601. The van der Waals surface area contributed by atoms with Crippen molar-refractivity contribution < 1.29 is 4.39 Å². The lowest BCUT2D eigenvalue weighted by atomic mass is 10.1. The van der Waals surface area contributed by atoms with Crippen LogP contribution < -0.4 is 5.73 Å². The van der Waals surface area contributed by atoms with E-state index >= 15 is 0 Å². The Morgan fingerprint density at radius 3 is 2.65 bits per heavy atom. The standard InChI is InChI=1S/C16H18BrFN2/c1-11(14-5-3-4-6-16(14)18)20(2)10-12-9-13(19)7-8-15(12)17/h3-9,11H,10,19H2,1-2H3. The lowest BCUT2D eigenvalue weighted by Gasteiger charge is -2.26. The van der Waals surface area contributed by atoms with Crippen molar-refractivity contribution in [3.8, 4) is 0 Å². The molecule has 0 radical (unpaired) electrons. The van der Waals surface area contributed by atoms with Gasteiger partial charge in [0.1, 0.15) is 5.82 Å². The minimum atomic E-state index is -0.168. The first-order chi connectivity index (χ1) is 9.49. The highest BCUT2D eigenvalue weighted by Crippen LogP contribution is 2.26. The fourth-order valence-corrected chi connectivity index (χ4v) is 2.54. The summed E-state index contributed by atoms with van der Waals surface area (Å²) >= 11 is 3.52. The molecule has 0 spiro atoms. The molecule has 0 bridgehead atoms. The van der Waals surface area contributed by atoms with Crippen LogP contribution in [0.4, 0.5) is 10.1 Å². The molecule has 0 heterocycles. The van der Waals surface area contributed by atoms with Crippen molar-refractivity contribution >= 4 is 21.6 Å². The SMILES string of the molecule is CC(c1ccccc1F)N(C)Cc1cc(N)ccc1Br. The van der Waals surface area contributed by atoms with E-state index in [-0.39, 0.29) is 11.9 Å². The molecular formula is C16H18BrFN2. The van der Waals surface area contributed by atoms with Gasteiger partial charge >= 0.3 is 0 Å². The van der Waals surface area contributed by atoms with Gasteiger partial charge in [0.25, 0.3) is 0 Å². The molecule has 0 aliphatic carbocycles. The second-order valence-electron chi connectivity index (χ2n) is 4.96. The minimum Gasteiger partial charge on any atom is -0.399 e. The Morgan fingerprint density at radius 1 is 1.25 bits per heavy atom. The molecule has 0 fully saturated rings. The van der Waals surface area contributed by atoms with Gasteiger partial charge in [-0.05, 0) is 43.8 Å². The molecular weight excluding hydrogens is 319 g/mol. The highest BCUT2D eigenvalue weighted by molar-refractivity contribution is 9.10. The Labute approximate surface area is 127 Å². The normalized spacial score (nSPS) is 12.7. The largest absolute Gasteiger partial charge is 0.399 e. The fourth-order valence-electron chi connectivity index (χ4n) is 2.17. The number of hydrogen-bond donors (Lipinski definition) is 1. The van der Waals surface area contributed by atoms with Gasteiger partial charge in [0, 0.05) is 28.3 Å². The summed E-state index contributed by atoms with van der Waals surface area (Å²) in [6.45, 7) is 2.69. The Balaban J connectivity index is 2.17. The Hall–Kier alpha value is -1.39. The fraction of sp³-hybridized carbons (Fsp3) is 0.250. The monoisotopic (exact) mass is 336 g/mol. The van der Waals surface area contributed by atoms with Crippen LogP contribution in [-0.4, -0.2) is 11.9 Å². The number of nitrogens with zero attached hydrogens (tertiary/aromatic N) is 1. The van der Waals surface area contributed by atoms with Crippen LogP contribution >= 0.6 is 15.9 Å². The summed E-state index contributed by atoms with van der Waals surface area (Å²) in [5.41, 5.74) is 8.34. The first-order valence-corrected chi connectivity index (χ1v) is 7.27. The highest BCUT2D eigenvalue weighted by atomic mass is 79.9. The van der Waals surface area contributed by atoms with Crippen LogP contribution in [0.15, 0.2) is 46.9 Å². The van der Waals surface area contributed by atoms with Crippen molar-refractivity contribution in [2.75, 3.05) is 12.8 Å². The quantitative estimate of drug-likeness (QED) is 0.840. The van der Waals surface area contributed by atoms with Crippen molar-refractivity contribution in [3.63, 3.8) is 0 Å². The Kier molecular flexibility index (Phi) is 4.78. The topological polar surface area (TPSA) is 29.3 Å². The van der Waals surface area contributed by atoms with E-state index in [0.29, 0.717) is 12.1 Å². The molecule has 2 rings (SSSR count). The maximum absolute atomic E-state index is 13.8. The van der Waals surface area contributed by atoms with Gasteiger partial charge in [-0.2, -0.15) is 0 Å². The third-order valence-corrected chi connectivity index (χ3v) is 4.28. The maximum Gasteiger partial charge on any atom is 0.127 e. The number of hydrogen-bond acceptors (Lipinski definition) is 2. The van der Waals surface area contributed by atoms with Crippen LogP contribution in [0.2, 0.25) is 0 Å². The lowest BCUT2D eigenvalue weighted by Crippen LogP contribution is -2.23. The molecule has 1 atom stereocenters. The first-order valence-electron chi connectivity index (χ1n) is 6.47. The van der Waals surface area contributed by atoms with E-state index in [1.54, 1.807) is 6.07 Å². The van der Waals surface area contributed by atoms with E-state index in [0.717, 1.165) is 15.7 Å². The molecule has 0 amide bonds. The second kappa shape index (κ2) is 6.37. The number of nitrogen functional groups attached to an aromatic ring is 1. The van der Waals surface area contributed by atoms with Gasteiger partial charge in [-0.3, -0.25) is 4.90 Å². The van der Waals surface area contributed by atoms with E-state index in [2.05, 4.69) is 20.8 Å². The smallest absolute Gasteiger partial charge is 0.127 e. The molecule has 1 unspecified atom stereocenters. The third-order valence-electron chi connectivity index (χ3n) is 3.51. The van der Waals surface area contributed by atoms with Crippen LogP contribution in [0.3, 0.4) is 0 Å². The van der Waals surface area contributed by atoms with Gasteiger partial charge < -0.3 is 5.73 Å². The third kappa shape index (κ3) is 3.38. The molecule has 20 heavy (non-hydrogen) atoms. The lowest BCUT2D eigenvalue weighted by molar-refractivity contribution is 0.247. The van der Waals surface area contributed by atoms with Gasteiger partial charge in [-0.25, -0.2) is 4.39 Å². The zero-order valence-electron chi connectivity index (χ0n) is 11.6. The summed E-state index contributed by atoms with van der Waals surface area (Å²) in [5, 5.41) is 0. The average molecular weight is 337 g/mol. The molecule has 0 aromatic heterocycles. The molecule has 4 heteroatoms. The van der Waals surface area contributed by atoms with Crippen LogP contribution in [0.25, 0.3) is 0 Å². The number of anilines is 1. The number of nitrogens with two attached hydrogens (primary N) is 1. The zero-order chi connectivity index (χ0) is 14.7. The second-order valence-corrected chi connectivity index (χ2v) is 5.82. The molecule has 0 saturated carbocycles. The van der Waals surface area contributed by atoms with Crippen molar-refractivity contribution in [1.82, 2.24) is 4.90 Å². The number of benzene rings is 2. The summed E-state index contributed by atoms with van der Waals surface area (Å²) in [6.07, 6.45) is 0. The molecule has 2 aromatic rings. The predicted molar refractivity (Wildman–Crippen MR) is 84.8 cm³/mol. The number of halogens is 2. The van der Waals surface area contributed by atoms with Crippen molar-refractivity contribution in [3.05, 3.63) is 63.9 Å². The van der Waals surface area contributed by atoms with E-state index in [1.165, 1.54) is 6.07 Å². The summed E-state index contributed by atoms with van der Waals surface area (Å²) in [7, 11) is 1.98. The van der Waals surface area contributed by atoms with Gasteiger partial charge in [-0.15, -0.1) is 0 Å². The van der Waals surface area contributed by atoms with Crippen molar-refractivity contribution in [2.24, 2.45) is 0 Å². The highest BCUT2D eigenvalue weighted by Gasteiger charge is 2.16. The van der Waals surface area contributed by atoms with Crippen LogP contribution in [0.1, 0.15) is 24.1 Å². The maximum atomic E-state index is 13.8. The zero-order valence-corrected chi connectivity index (χ0v) is 13.2. The van der Waals surface area contributed by atoms with Gasteiger partial charge in [0.05, 0.1) is 0 Å². The minimum absolute atomic E-state index is 0.00969. The van der Waals surface area contributed by atoms with E-state index in [1.807, 2.05) is 44.3 Å². The Morgan fingerprint density at radius 2 is 1.95 bits per heavy atom. The van der Waals surface area contributed by atoms with E-state index in [4.69, 9.17) is 5.73 Å². The van der Waals surface area contributed by atoms with Crippen LogP contribution in [-0.2, 0) is 6.54 Å². The molecule has 2 N–H and O–H groups in total. The summed E-state index contributed by atoms with van der Waals surface area (Å²) < 4.78 is 14.8. The average Bonchev–Trinajstić information content (AvgIpc) is 2.42. The van der Waals surface area contributed by atoms with Gasteiger partial charge in [0.15, 0.2) is 0 Å². The molecule has 0 aliphatic heterocycles. The molecule has 2 nitrogen and oxygen atoms in total. The van der Waals surface area contributed by atoms with Crippen molar-refractivity contribution in [2.45, 2.75) is 19.5 Å². The van der Waals surface area contributed by atoms with E-state index in [9.17, 15) is 4.39 Å². The van der Waals surface area contributed by atoms with E-state index < -0.39 is 0 Å². The molecule has 0 saturated heterocycles. The van der Waals surface area contributed by atoms with Gasteiger partial charge in [0.2, 0.25) is 0 Å².